The molecule has 6 nitrogen and oxygen atoms in total. The number of piperazine rings is 1. The number of likely N-dealkylation sites (tertiary alicyclic amines) is 1. The topological polar surface area (TPSA) is 69.7 Å². The fourth-order valence-electron chi connectivity index (χ4n) is 5.79. The Hall–Kier alpha value is -2.37. The molecule has 168 valence electrons. The Morgan fingerprint density at radius 3 is 2.39 bits per heavy atom. The zero-order chi connectivity index (χ0) is 21.8. The maximum absolute atomic E-state index is 13.6. The van der Waals surface area contributed by atoms with Crippen molar-refractivity contribution in [1.82, 2.24) is 15.1 Å². The van der Waals surface area contributed by atoms with E-state index in [1.54, 1.807) is 4.90 Å². The monoisotopic (exact) mass is 425 g/mol. The first-order chi connectivity index (χ1) is 15.0. The number of hydrogen-bond donors (Lipinski definition) is 1. The van der Waals surface area contributed by atoms with E-state index in [-0.39, 0.29) is 35.1 Å². The van der Waals surface area contributed by atoms with E-state index < -0.39 is 0 Å². The molecular weight excluding hydrogens is 390 g/mol. The Balaban J connectivity index is 1.35. The number of piperidine rings is 1. The Morgan fingerprint density at radius 2 is 1.74 bits per heavy atom. The van der Waals surface area contributed by atoms with Gasteiger partial charge in [0.1, 0.15) is 6.04 Å². The normalized spacial score (nSPS) is 24.2. The van der Waals surface area contributed by atoms with Gasteiger partial charge in [-0.2, -0.15) is 0 Å². The van der Waals surface area contributed by atoms with Gasteiger partial charge in [-0.05, 0) is 43.6 Å². The molecule has 0 spiro atoms. The molecule has 31 heavy (non-hydrogen) atoms. The van der Waals surface area contributed by atoms with Crippen LogP contribution in [0.25, 0.3) is 0 Å². The summed E-state index contributed by atoms with van der Waals surface area (Å²) in [4.78, 5) is 42.4. The van der Waals surface area contributed by atoms with E-state index in [9.17, 15) is 14.4 Å². The van der Waals surface area contributed by atoms with Crippen LogP contribution in [0.4, 0.5) is 0 Å². The number of benzene rings is 1. The van der Waals surface area contributed by atoms with Crippen LogP contribution in [-0.4, -0.2) is 59.7 Å². The Kier molecular flexibility index (Phi) is 6.63. The second-order valence-electron chi connectivity index (χ2n) is 9.40. The molecule has 3 fully saturated rings. The summed E-state index contributed by atoms with van der Waals surface area (Å²) in [7, 11) is 0. The van der Waals surface area contributed by atoms with Crippen LogP contribution < -0.4 is 5.32 Å². The van der Waals surface area contributed by atoms with Crippen molar-refractivity contribution >= 4 is 17.7 Å². The van der Waals surface area contributed by atoms with Gasteiger partial charge in [0.25, 0.3) is 0 Å². The van der Waals surface area contributed by atoms with E-state index >= 15 is 0 Å². The van der Waals surface area contributed by atoms with Crippen molar-refractivity contribution in [2.75, 3.05) is 26.2 Å². The molecule has 1 aromatic carbocycles. The van der Waals surface area contributed by atoms with Gasteiger partial charge in [-0.25, -0.2) is 0 Å². The first kappa shape index (κ1) is 21.8. The van der Waals surface area contributed by atoms with Gasteiger partial charge in [-0.15, -0.1) is 0 Å². The lowest BCUT2D eigenvalue weighted by Gasteiger charge is -2.40. The summed E-state index contributed by atoms with van der Waals surface area (Å²) in [5.41, 5.74) is 0.795. The summed E-state index contributed by atoms with van der Waals surface area (Å²) in [5, 5.41) is 2.86. The lowest BCUT2D eigenvalue weighted by Crippen LogP contribution is -2.57. The molecule has 1 aromatic rings. The minimum atomic E-state index is -0.362. The summed E-state index contributed by atoms with van der Waals surface area (Å²) in [6.07, 6.45) is 6.93. The molecule has 0 aromatic heterocycles. The Labute approximate surface area is 185 Å². The highest BCUT2D eigenvalue weighted by Crippen LogP contribution is 2.43. The van der Waals surface area contributed by atoms with Gasteiger partial charge in [0.15, 0.2) is 0 Å². The number of nitrogens with one attached hydrogen (secondary N) is 1. The number of rotatable bonds is 5. The van der Waals surface area contributed by atoms with Gasteiger partial charge in [0.05, 0.1) is 5.41 Å². The summed E-state index contributed by atoms with van der Waals surface area (Å²) >= 11 is 0. The molecule has 1 atom stereocenters. The van der Waals surface area contributed by atoms with Crippen molar-refractivity contribution in [3.05, 3.63) is 35.9 Å². The van der Waals surface area contributed by atoms with Crippen LogP contribution in [0, 0.1) is 5.92 Å². The molecular formula is C25H35N3O3. The number of amides is 3. The van der Waals surface area contributed by atoms with E-state index in [2.05, 4.69) is 17.4 Å². The maximum Gasteiger partial charge on any atom is 0.242 e. The molecule has 2 saturated heterocycles. The van der Waals surface area contributed by atoms with Crippen molar-refractivity contribution in [3.8, 4) is 0 Å². The largest absolute Gasteiger partial charge is 0.353 e. The third kappa shape index (κ3) is 4.35. The third-order valence-electron chi connectivity index (χ3n) is 7.60. The van der Waals surface area contributed by atoms with E-state index in [4.69, 9.17) is 0 Å². The summed E-state index contributed by atoms with van der Waals surface area (Å²) in [5.74, 6) is 0.614. The molecule has 1 aliphatic carbocycles. The molecule has 3 amide bonds. The van der Waals surface area contributed by atoms with Crippen molar-refractivity contribution in [2.24, 2.45) is 5.92 Å². The van der Waals surface area contributed by atoms with E-state index in [1.807, 2.05) is 30.0 Å². The zero-order valence-electron chi connectivity index (χ0n) is 18.6. The Morgan fingerprint density at radius 1 is 1.06 bits per heavy atom. The second kappa shape index (κ2) is 9.41. The highest BCUT2D eigenvalue weighted by Gasteiger charge is 2.45. The van der Waals surface area contributed by atoms with Crippen LogP contribution >= 0.6 is 0 Å². The predicted molar refractivity (Wildman–Crippen MR) is 119 cm³/mol. The second-order valence-corrected chi connectivity index (χ2v) is 9.40. The number of carbonyl (C=O) groups is 3. The van der Waals surface area contributed by atoms with Crippen molar-refractivity contribution in [2.45, 2.75) is 69.7 Å². The molecule has 1 N–H and O–H groups in total. The van der Waals surface area contributed by atoms with Gasteiger partial charge in [-0.3, -0.25) is 14.4 Å². The minimum Gasteiger partial charge on any atom is -0.353 e. The van der Waals surface area contributed by atoms with Gasteiger partial charge >= 0.3 is 0 Å². The summed E-state index contributed by atoms with van der Waals surface area (Å²) in [6, 6.07) is 9.95. The van der Waals surface area contributed by atoms with Crippen molar-refractivity contribution in [1.29, 1.82) is 0 Å². The molecule has 2 aliphatic heterocycles. The average Bonchev–Trinajstić information content (AvgIpc) is 3.31. The van der Waals surface area contributed by atoms with Crippen LogP contribution in [0.5, 0.6) is 0 Å². The van der Waals surface area contributed by atoms with Crippen LogP contribution in [0.3, 0.4) is 0 Å². The highest BCUT2D eigenvalue weighted by molar-refractivity contribution is 5.89. The molecule has 1 saturated carbocycles. The standard InChI is InChI=1S/C25H35N3O3/c1-2-21-23(30)26-14-17-28(21)22(29)18-19-10-15-27(16-11-19)24(31)25(12-6-7-13-25)20-8-4-3-5-9-20/h3-5,8-9,19,21H,2,6-7,10-18H2,1H3,(H,26,30)/t21-/m0/s1. The average molecular weight is 426 g/mol. The SMILES string of the molecule is CC[C@H]1C(=O)NCCN1C(=O)CC1CCN(C(=O)C2(c3ccccc3)CCCC2)CC1. The first-order valence-electron chi connectivity index (χ1n) is 12.0. The quantitative estimate of drug-likeness (QED) is 0.789. The van der Waals surface area contributed by atoms with Gasteiger partial charge in [-0.1, -0.05) is 50.1 Å². The summed E-state index contributed by atoms with van der Waals surface area (Å²) < 4.78 is 0. The maximum atomic E-state index is 13.6. The van der Waals surface area contributed by atoms with Crippen LogP contribution in [0.2, 0.25) is 0 Å². The van der Waals surface area contributed by atoms with Gasteiger partial charge in [0, 0.05) is 32.6 Å². The Bertz CT molecular complexity index is 795. The summed E-state index contributed by atoms with van der Waals surface area (Å²) in [6.45, 7) is 4.53. The molecule has 0 radical (unpaired) electrons. The lowest BCUT2D eigenvalue weighted by molar-refractivity contribution is -0.144. The fraction of sp³-hybridized carbons (Fsp3) is 0.640. The molecule has 3 aliphatic rings. The lowest BCUT2D eigenvalue weighted by atomic mass is 9.77. The van der Waals surface area contributed by atoms with E-state index in [0.29, 0.717) is 25.9 Å². The zero-order valence-corrected chi connectivity index (χ0v) is 18.6. The predicted octanol–water partition coefficient (Wildman–Crippen LogP) is 2.86. The smallest absolute Gasteiger partial charge is 0.242 e. The third-order valence-corrected chi connectivity index (χ3v) is 7.60. The minimum absolute atomic E-state index is 0.0368. The fourth-order valence-corrected chi connectivity index (χ4v) is 5.79. The highest BCUT2D eigenvalue weighted by atomic mass is 16.2. The van der Waals surface area contributed by atoms with Crippen LogP contribution in [0.15, 0.2) is 30.3 Å². The number of nitrogens with zero attached hydrogens (tertiary/aromatic N) is 2. The first-order valence-corrected chi connectivity index (χ1v) is 12.0. The number of carbonyl (C=O) groups excluding carboxylic acids is 3. The van der Waals surface area contributed by atoms with Crippen molar-refractivity contribution < 1.29 is 14.4 Å². The molecule has 4 rings (SSSR count). The van der Waals surface area contributed by atoms with Crippen molar-refractivity contribution in [3.63, 3.8) is 0 Å². The van der Waals surface area contributed by atoms with E-state index in [1.165, 1.54) is 0 Å². The van der Waals surface area contributed by atoms with Gasteiger partial charge < -0.3 is 15.1 Å². The molecule has 6 heteroatoms. The van der Waals surface area contributed by atoms with Crippen LogP contribution in [-0.2, 0) is 19.8 Å². The van der Waals surface area contributed by atoms with Crippen LogP contribution in [0.1, 0.15) is 63.9 Å². The number of hydrogen-bond acceptors (Lipinski definition) is 3. The van der Waals surface area contributed by atoms with Gasteiger partial charge in [0.2, 0.25) is 17.7 Å². The molecule has 0 unspecified atom stereocenters. The molecule has 2 heterocycles. The van der Waals surface area contributed by atoms with E-state index in [0.717, 1.165) is 57.2 Å². The molecule has 0 bridgehead atoms.